The molecule has 0 unspecified atom stereocenters. The number of hydrogen-bond acceptors (Lipinski definition) is 0. The van der Waals surface area contributed by atoms with E-state index in [1.807, 2.05) is 0 Å². The van der Waals surface area contributed by atoms with Gasteiger partial charge in [0.15, 0.2) is 0 Å². The van der Waals surface area contributed by atoms with E-state index in [4.69, 9.17) is 0 Å². The lowest BCUT2D eigenvalue weighted by molar-refractivity contribution is 1.13. The van der Waals surface area contributed by atoms with Crippen molar-refractivity contribution < 1.29 is 0 Å². The number of nitrogens with zero attached hydrogens (tertiary/aromatic N) is 6. The Labute approximate surface area is 513 Å². The fourth-order valence-corrected chi connectivity index (χ4v) is 16.4. The van der Waals surface area contributed by atoms with E-state index in [1.165, 1.54) is 186 Å². The summed E-state index contributed by atoms with van der Waals surface area (Å²) < 4.78 is 14.7. The Morgan fingerprint density at radius 2 is 0.433 bits per heavy atom. The second kappa shape index (κ2) is 17.8. The van der Waals surface area contributed by atoms with Gasteiger partial charge in [0.1, 0.15) is 0 Å². The number of rotatable bonds is 4. The van der Waals surface area contributed by atoms with Crippen molar-refractivity contribution in [3.05, 3.63) is 303 Å². The van der Waals surface area contributed by atoms with Crippen LogP contribution in [-0.4, -0.2) is 27.1 Å². The molecule has 6 heteroatoms. The molecule has 0 saturated carbocycles. The largest absolute Gasteiger partial charge is 0.309 e. The topological polar surface area (TPSA) is 28.5 Å². The summed E-state index contributed by atoms with van der Waals surface area (Å²) in [7, 11) is 0. The van der Waals surface area contributed by atoms with Gasteiger partial charge in [-0.25, -0.2) is 0 Å². The van der Waals surface area contributed by atoms with Crippen LogP contribution in [0.1, 0.15) is 0 Å². The second-order valence-electron chi connectivity index (χ2n) is 24.3. The Balaban J connectivity index is 0.000000122. The van der Waals surface area contributed by atoms with Gasteiger partial charge in [0, 0.05) is 97.6 Å². The van der Waals surface area contributed by atoms with Crippen LogP contribution in [0.25, 0.3) is 186 Å². The van der Waals surface area contributed by atoms with Gasteiger partial charge in [0.05, 0.1) is 88.6 Å². The van der Waals surface area contributed by atoms with E-state index in [0.717, 1.165) is 0 Å². The molecule has 0 atom stereocenters. The molecule has 0 aliphatic carbocycles. The van der Waals surface area contributed by atoms with E-state index in [9.17, 15) is 0 Å². The molecule has 0 radical (unpaired) electrons. The molecule has 22 aromatic rings. The Morgan fingerprint density at radius 3 is 0.900 bits per heavy atom. The first kappa shape index (κ1) is 48.0. The van der Waals surface area contributed by atoms with Crippen LogP contribution in [-0.2, 0) is 0 Å². The molecular weight excluding hydrogens is 1090 g/mol. The third-order valence-electron chi connectivity index (χ3n) is 19.9. The maximum atomic E-state index is 2.48. The minimum atomic E-state index is 1.17. The van der Waals surface area contributed by atoms with Crippen molar-refractivity contribution in [1.82, 2.24) is 27.1 Å². The summed E-state index contributed by atoms with van der Waals surface area (Å²) in [5.41, 5.74) is 22.1. The Morgan fingerprint density at radius 1 is 0.156 bits per heavy atom. The van der Waals surface area contributed by atoms with Gasteiger partial charge in [-0.15, -0.1) is 0 Å². The first-order chi connectivity index (χ1) is 44.7. The van der Waals surface area contributed by atoms with Crippen LogP contribution >= 0.6 is 0 Å². The number of para-hydroxylation sites is 11. The molecule has 14 aromatic carbocycles. The molecule has 22 rings (SSSR count). The summed E-state index contributed by atoms with van der Waals surface area (Å²) in [6.07, 6.45) is 0. The normalized spacial score (nSPS) is 12.4. The zero-order chi connectivity index (χ0) is 58.4. The average Bonchev–Trinajstić information content (AvgIpc) is 1.57. The van der Waals surface area contributed by atoms with E-state index in [2.05, 4.69) is 330 Å². The van der Waals surface area contributed by atoms with E-state index in [1.54, 1.807) is 0 Å². The lowest BCUT2D eigenvalue weighted by Gasteiger charge is -2.14. The monoisotopic (exact) mass is 1140 g/mol. The van der Waals surface area contributed by atoms with Crippen LogP contribution in [0, 0.1) is 0 Å². The Bertz CT molecular complexity index is 6680. The van der Waals surface area contributed by atoms with Crippen molar-refractivity contribution in [3.63, 3.8) is 0 Å². The third-order valence-corrected chi connectivity index (χ3v) is 19.9. The first-order valence-electron chi connectivity index (χ1n) is 31.1. The Hall–Kier alpha value is -12.1. The van der Waals surface area contributed by atoms with Gasteiger partial charge in [-0.05, 0) is 103 Å². The molecule has 6 nitrogen and oxygen atoms in total. The summed E-state index contributed by atoms with van der Waals surface area (Å²) >= 11 is 0. The summed E-state index contributed by atoms with van der Waals surface area (Å²) in [5, 5.41) is 20.5. The quantitative estimate of drug-likeness (QED) is 0.168. The van der Waals surface area contributed by atoms with Crippen molar-refractivity contribution in [2.45, 2.75) is 0 Å². The fourth-order valence-electron chi connectivity index (χ4n) is 16.4. The van der Waals surface area contributed by atoms with Crippen molar-refractivity contribution in [1.29, 1.82) is 0 Å². The predicted molar refractivity (Wildman–Crippen MR) is 380 cm³/mol. The molecule has 0 aliphatic heterocycles. The van der Waals surface area contributed by atoms with Crippen LogP contribution in [0.3, 0.4) is 0 Å². The van der Waals surface area contributed by atoms with Crippen molar-refractivity contribution in [2.75, 3.05) is 0 Å². The van der Waals surface area contributed by atoms with Crippen molar-refractivity contribution in [3.8, 4) is 22.7 Å². The molecule has 416 valence electrons. The van der Waals surface area contributed by atoms with Crippen LogP contribution in [0.5, 0.6) is 0 Å². The Kier molecular flexibility index (Phi) is 9.48. The summed E-state index contributed by atoms with van der Waals surface area (Å²) in [4.78, 5) is 0. The summed E-state index contributed by atoms with van der Waals surface area (Å²) in [6.45, 7) is 0. The van der Waals surface area contributed by atoms with Gasteiger partial charge in [-0.3, -0.25) is 0 Å². The number of hydrogen-bond donors (Lipinski definition) is 0. The highest BCUT2D eigenvalue weighted by Gasteiger charge is 2.25. The van der Waals surface area contributed by atoms with Crippen LogP contribution < -0.4 is 0 Å². The first-order valence-corrected chi connectivity index (χ1v) is 31.1. The van der Waals surface area contributed by atoms with E-state index >= 15 is 0 Å². The van der Waals surface area contributed by atoms with Gasteiger partial charge >= 0.3 is 0 Å². The summed E-state index contributed by atoms with van der Waals surface area (Å²) in [5.74, 6) is 0. The van der Waals surface area contributed by atoms with Gasteiger partial charge < -0.3 is 27.1 Å². The van der Waals surface area contributed by atoms with E-state index in [0.29, 0.717) is 0 Å². The molecule has 8 aromatic heterocycles. The SMILES string of the molecule is c1ccc2c(c1)c1ccccc1n2-c1cccc2c1c1ccccc1n2-c1ccc2c(c1)c1cccc3c4ccccc4n2c31.c1ccc2c(c1)c1ccccc1n2-c1cccc2c3ccccc3n(-c3ccc4c(c3)c3cccc5c6ccccc6n4c53)c12. The minimum absolute atomic E-state index is 1.17. The molecule has 0 amide bonds. The highest BCUT2D eigenvalue weighted by Crippen LogP contribution is 2.46. The number of aromatic nitrogens is 6. The van der Waals surface area contributed by atoms with Gasteiger partial charge in [0.2, 0.25) is 0 Å². The van der Waals surface area contributed by atoms with Gasteiger partial charge in [0.25, 0.3) is 0 Å². The maximum absolute atomic E-state index is 2.48. The zero-order valence-electron chi connectivity index (χ0n) is 48.6. The minimum Gasteiger partial charge on any atom is -0.309 e. The lowest BCUT2D eigenvalue weighted by Crippen LogP contribution is -2.00. The molecule has 0 N–H and O–H groups in total. The van der Waals surface area contributed by atoms with Crippen LogP contribution in [0.4, 0.5) is 0 Å². The van der Waals surface area contributed by atoms with Crippen molar-refractivity contribution in [2.24, 2.45) is 0 Å². The standard InChI is InChI=1S/2C42H25N3/c1-6-19-36-27(11-1)28-12-2-7-20-37(28)44(36)40-22-10-17-32-30-14-3-5-18-35(30)43(42(32)40)26-23-24-39-34(25-26)33-16-9-15-31-29-13-4-8-21-38(29)45(39)41(31)33;1-5-17-34-27(11-1)28-12-2-6-18-35(28)44(34)40-22-10-21-39-41(40)32-14-4-8-20-37(32)43(39)26-23-24-38-33(25-26)31-16-9-15-30-29-13-3-7-19-36(29)45(38)42(30)31/h2*1-25H. The van der Waals surface area contributed by atoms with Crippen LogP contribution in [0.15, 0.2) is 303 Å². The molecule has 0 spiro atoms. The lowest BCUT2D eigenvalue weighted by atomic mass is 10.1. The molecular formula is C84H50N6. The zero-order valence-corrected chi connectivity index (χ0v) is 48.6. The molecule has 90 heavy (non-hydrogen) atoms. The highest BCUT2D eigenvalue weighted by molar-refractivity contribution is 6.26. The average molecular weight is 1140 g/mol. The molecule has 8 heterocycles. The third kappa shape index (κ3) is 6.20. The molecule has 0 fully saturated rings. The molecule has 0 saturated heterocycles. The smallest absolute Gasteiger partial charge is 0.0782 e. The van der Waals surface area contributed by atoms with E-state index in [-0.39, 0.29) is 0 Å². The summed E-state index contributed by atoms with van der Waals surface area (Å²) in [6, 6.07) is 111. The highest BCUT2D eigenvalue weighted by atomic mass is 15.1. The molecule has 0 bridgehead atoms. The number of fused-ring (bicyclic) bond motifs is 24. The van der Waals surface area contributed by atoms with Crippen LogP contribution in [0.2, 0.25) is 0 Å². The van der Waals surface area contributed by atoms with Crippen molar-refractivity contribution >= 4 is 163 Å². The predicted octanol–water partition coefficient (Wildman–Crippen LogP) is 22.1. The van der Waals surface area contributed by atoms with E-state index < -0.39 is 0 Å². The van der Waals surface area contributed by atoms with Gasteiger partial charge in [-0.1, -0.05) is 200 Å². The maximum Gasteiger partial charge on any atom is 0.0782 e. The second-order valence-corrected chi connectivity index (χ2v) is 24.3. The fraction of sp³-hybridized carbons (Fsp3) is 0. The van der Waals surface area contributed by atoms with Gasteiger partial charge in [-0.2, -0.15) is 0 Å². The number of benzene rings is 14. The molecule has 0 aliphatic rings.